The Bertz CT molecular complexity index is 550. The molecule has 0 heterocycles. The number of allylic oxidation sites excluding steroid dienone is 3. The third kappa shape index (κ3) is 5.05. The van der Waals surface area contributed by atoms with Crippen molar-refractivity contribution in [2.75, 3.05) is 19.8 Å². The normalized spacial score (nSPS) is 18.7. The fourth-order valence-corrected chi connectivity index (χ4v) is 4.68. The van der Waals surface area contributed by atoms with Gasteiger partial charge in [0.15, 0.2) is 0 Å². The largest absolute Gasteiger partial charge is 0.462 e. The van der Waals surface area contributed by atoms with Gasteiger partial charge >= 0.3 is 13.6 Å². The van der Waals surface area contributed by atoms with E-state index in [1.54, 1.807) is 26.8 Å². The van der Waals surface area contributed by atoms with Crippen LogP contribution in [0.1, 0.15) is 60.8 Å². The summed E-state index contributed by atoms with van der Waals surface area (Å²) < 4.78 is 29.1. The molecule has 1 rings (SSSR count). The molecular weight excluding hydrogens is 327 g/mol. The number of ether oxygens (including phenoxy) is 1. The maximum atomic E-state index is 13.2. The highest BCUT2D eigenvalue weighted by Crippen LogP contribution is 2.57. The second-order valence-corrected chi connectivity index (χ2v) is 8.51. The van der Waals surface area contributed by atoms with Crippen LogP contribution in [0.3, 0.4) is 0 Å². The van der Waals surface area contributed by atoms with E-state index >= 15 is 0 Å². The van der Waals surface area contributed by atoms with Gasteiger partial charge in [-0.1, -0.05) is 19.4 Å². The van der Waals surface area contributed by atoms with Crippen LogP contribution in [0.25, 0.3) is 0 Å². The van der Waals surface area contributed by atoms with Crippen molar-refractivity contribution in [3.8, 4) is 0 Å². The molecule has 0 bridgehead atoms. The Kier molecular flexibility index (Phi) is 7.91. The third-order valence-corrected chi connectivity index (χ3v) is 6.30. The predicted octanol–water partition coefficient (Wildman–Crippen LogP) is 5.23. The van der Waals surface area contributed by atoms with Crippen LogP contribution in [0.4, 0.5) is 0 Å². The molecule has 138 valence electrons. The molecule has 0 fully saturated rings. The van der Waals surface area contributed by atoms with Gasteiger partial charge in [0.05, 0.1) is 19.8 Å². The number of carbonyl (C=O) groups is 1. The lowest BCUT2D eigenvalue weighted by molar-refractivity contribution is -0.137. The van der Waals surface area contributed by atoms with E-state index in [9.17, 15) is 9.36 Å². The molecule has 0 radical (unpaired) electrons. The lowest BCUT2D eigenvalue weighted by atomic mass is 9.72. The van der Waals surface area contributed by atoms with E-state index in [2.05, 4.69) is 20.8 Å². The maximum Gasteiger partial charge on any atom is 0.368 e. The first-order chi connectivity index (χ1) is 11.2. The molecule has 1 aliphatic carbocycles. The lowest BCUT2D eigenvalue weighted by Crippen LogP contribution is -2.21. The van der Waals surface area contributed by atoms with Gasteiger partial charge in [0, 0.05) is 0 Å². The Morgan fingerprint density at radius 3 is 2.21 bits per heavy atom. The van der Waals surface area contributed by atoms with E-state index < -0.39 is 13.6 Å². The fourth-order valence-electron chi connectivity index (χ4n) is 3.07. The summed E-state index contributed by atoms with van der Waals surface area (Å²) in [5.74, 6) is -0.635. The zero-order chi connectivity index (χ0) is 18.4. The molecule has 0 amide bonds. The van der Waals surface area contributed by atoms with Crippen molar-refractivity contribution < 1.29 is 23.1 Å². The van der Waals surface area contributed by atoms with Crippen LogP contribution in [0.15, 0.2) is 22.5 Å². The second-order valence-electron chi connectivity index (χ2n) is 6.51. The second kappa shape index (κ2) is 8.98. The Labute approximate surface area is 146 Å². The van der Waals surface area contributed by atoms with Gasteiger partial charge in [-0.3, -0.25) is 4.57 Å². The average Bonchev–Trinajstić information content (AvgIpc) is 2.46. The van der Waals surface area contributed by atoms with Gasteiger partial charge < -0.3 is 13.8 Å². The molecule has 0 aromatic rings. The minimum Gasteiger partial charge on any atom is -0.462 e. The van der Waals surface area contributed by atoms with Gasteiger partial charge in [-0.2, -0.15) is 0 Å². The number of rotatable bonds is 8. The fraction of sp³-hybridized carbons (Fsp3) is 0.722. The summed E-state index contributed by atoms with van der Waals surface area (Å²) in [5, 5.41) is -0.00243. The van der Waals surface area contributed by atoms with Crippen molar-refractivity contribution in [2.45, 2.75) is 60.8 Å². The zero-order valence-electron chi connectivity index (χ0n) is 15.8. The monoisotopic (exact) mass is 358 g/mol. The van der Waals surface area contributed by atoms with Crippen LogP contribution < -0.4 is 0 Å². The Morgan fingerprint density at radius 2 is 1.75 bits per heavy atom. The molecule has 0 saturated heterocycles. The number of hydrogen-bond donors (Lipinski definition) is 0. The summed E-state index contributed by atoms with van der Waals surface area (Å²) in [4.78, 5) is 12.5. The SMILES string of the molecule is CCOC(=O)/C(=C/C1=C(C)CCCC1(C)C)P(=O)(OCC)OCC. The van der Waals surface area contributed by atoms with Gasteiger partial charge in [0.25, 0.3) is 0 Å². The summed E-state index contributed by atoms with van der Waals surface area (Å²) in [6.07, 6.45) is 4.79. The summed E-state index contributed by atoms with van der Waals surface area (Å²) in [7, 11) is -3.71. The number of hydrogen-bond acceptors (Lipinski definition) is 5. The predicted molar refractivity (Wildman–Crippen MR) is 95.9 cm³/mol. The summed E-state index contributed by atoms with van der Waals surface area (Å²) in [5.41, 5.74) is 2.13. The van der Waals surface area contributed by atoms with Gasteiger partial charge in [0.2, 0.25) is 0 Å². The zero-order valence-corrected chi connectivity index (χ0v) is 16.7. The van der Waals surface area contributed by atoms with Crippen molar-refractivity contribution in [2.24, 2.45) is 5.41 Å². The molecule has 24 heavy (non-hydrogen) atoms. The lowest BCUT2D eigenvalue weighted by Gasteiger charge is -2.33. The van der Waals surface area contributed by atoms with Crippen molar-refractivity contribution in [1.82, 2.24) is 0 Å². The van der Waals surface area contributed by atoms with E-state index in [1.165, 1.54) is 5.57 Å². The maximum absolute atomic E-state index is 13.2. The topological polar surface area (TPSA) is 61.8 Å². The quantitative estimate of drug-likeness (QED) is 0.338. The van der Waals surface area contributed by atoms with Crippen molar-refractivity contribution in [3.63, 3.8) is 0 Å². The molecule has 5 nitrogen and oxygen atoms in total. The first-order valence-electron chi connectivity index (χ1n) is 8.70. The van der Waals surface area contributed by atoms with E-state index in [4.69, 9.17) is 13.8 Å². The molecule has 0 aromatic carbocycles. The smallest absolute Gasteiger partial charge is 0.368 e. The van der Waals surface area contributed by atoms with Crippen LogP contribution in [0, 0.1) is 5.41 Å². The first-order valence-corrected chi connectivity index (χ1v) is 10.2. The van der Waals surface area contributed by atoms with Crippen LogP contribution in [0.2, 0.25) is 0 Å². The summed E-state index contributed by atoms with van der Waals surface area (Å²) in [6.45, 7) is 12.1. The van der Waals surface area contributed by atoms with Crippen LogP contribution in [-0.4, -0.2) is 25.8 Å². The molecule has 0 aliphatic heterocycles. The van der Waals surface area contributed by atoms with E-state index in [0.29, 0.717) is 0 Å². The molecule has 0 atom stereocenters. The molecular formula is C18H31O5P. The number of esters is 1. The van der Waals surface area contributed by atoms with Crippen LogP contribution >= 0.6 is 7.60 Å². The standard InChI is InChI=1S/C18H31O5P/c1-7-21-17(19)16(24(20,22-8-2)23-9-3)13-15-14(4)11-10-12-18(15,5)6/h13H,7-12H2,1-6H3/b16-13-. The Balaban J connectivity index is 3.47. The molecule has 1 aliphatic rings. The Morgan fingerprint density at radius 1 is 1.17 bits per heavy atom. The minimum atomic E-state index is -3.71. The first kappa shape index (κ1) is 21.1. The van der Waals surface area contributed by atoms with Crippen molar-refractivity contribution >= 4 is 13.6 Å². The molecule has 0 aromatic heterocycles. The van der Waals surface area contributed by atoms with Crippen molar-refractivity contribution in [1.29, 1.82) is 0 Å². The van der Waals surface area contributed by atoms with Gasteiger partial charge in [-0.25, -0.2) is 4.79 Å². The third-order valence-electron chi connectivity index (χ3n) is 4.20. The van der Waals surface area contributed by atoms with E-state index in [-0.39, 0.29) is 30.5 Å². The van der Waals surface area contributed by atoms with Crippen molar-refractivity contribution in [3.05, 3.63) is 22.5 Å². The van der Waals surface area contributed by atoms with Gasteiger partial charge in [-0.05, 0) is 64.0 Å². The number of carbonyl (C=O) groups excluding carboxylic acids is 1. The van der Waals surface area contributed by atoms with Gasteiger partial charge in [0.1, 0.15) is 5.31 Å². The van der Waals surface area contributed by atoms with Crippen LogP contribution in [-0.2, 0) is 23.1 Å². The molecule has 0 N–H and O–H groups in total. The Hall–Kier alpha value is -0.900. The summed E-state index contributed by atoms with van der Waals surface area (Å²) >= 11 is 0. The highest BCUT2D eigenvalue weighted by molar-refractivity contribution is 7.59. The molecule has 0 spiro atoms. The van der Waals surface area contributed by atoms with E-state index in [0.717, 1.165) is 24.8 Å². The highest BCUT2D eigenvalue weighted by atomic mass is 31.2. The minimum absolute atomic E-state index is 0.00243. The highest BCUT2D eigenvalue weighted by Gasteiger charge is 2.38. The van der Waals surface area contributed by atoms with E-state index in [1.807, 2.05) is 0 Å². The van der Waals surface area contributed by atoms with Gasteiger partial charge in [-0.15, -0.1) is 0 Å². The molecule has 0 saturated carbocycles. The average molecular weight is 358 g/mol. The molecule has 6 heteroatoms. The molecule has 0 unspecified atom stereocenters. The van der Waals surface area contributed by atoms with Crippen LogP contribution in [0.5, 0.6) is 0 Å². The summed E-state index contributed by atoms with van der Waals surface area (Å²) in [6, 6.07) is 0.